The Morgan fingerprint density at radius 1 is 0.700 bits per heavy atom. The van der Waals surface area contributed by atoms with Crippen LogP contribution in [0.15, 0.2) is 91.0 Å². The second-order valence-corrected chi connectivity index (χ2v) is 19.4. The van der Waals surface area contributed by atoms with Gasteiger partial charge in [0, 0.05) is 0 Å². The average Bonchev–Trinajstić information content (AvgIpc) is 2.80. The minimum atomic E-state index is -2.79. The Bertz CT molecular complexity index is 810. The summed E-state index contributed by atoms with van der Waals surface area (Å²) in [4.78, 5) is 0. The monoisotopic (exact) mass is 532 g/mol. The maximum atomic E-state index is 11.3. The molecule has 0 aromatic heterocycles. The Labute approximate surface area is 195 Å². The summed E-state index contributed by atoms with van der Waals surface area (Å²) in [7, 11) is 0. The minimum absolute atomic E-state index is 0.651. The van der Waals surface area contributed by atoms with Crippen LogP contribution in [-0.2, 0) is 0 Å². The zero-order valence-corrected chi connectivity index (χ0v) is 21.2. The van der Waals surface area contributed by atoms with E-state index in [1.54, 1.807) is 0 Å². The van der Waals surface area contributed by atoms with Gasteiger partial charge >= 0.3 is 196 Å². The molecule has 3 rings (SSSR count). The molecule has 0 fully saturated rings. The molecule has 0 amide bonds. The van der Waals surface area contributed by atoms with E-state index >= 15 is 0 Å². The summed E-state index contributed by atoms with van der Waals surface area (Å²) < 4.78 is -2.79. The molecule has 1 nitrogen and oxygen atoms in total. The summed E-state index contributed by atoms with van der Waals surface area (Å²) in [5.41, 5.74) is -0.651. The fourth-order valence-corrected chi connectivity index (χ4v) is 13.0. The summed E-state index contributed by atoms with van der Waals surface area (Å²) in [6.45, 7) is 4.24. The van der Waals surface area contributed by atoms with Gasteiger partial charge in [0.2, 0.25) is 0 Å². The molecule has 3 aromatic rings. The Morgan fingerprint density at radius 3 is 1.47 bits per heavy atom. The van der Waals surface area contributed by atoms with Crippen molar-refractivity contribution in [1.29, 1.82) is 0 Å². The van der Waals surface area contributed by atoms with Gasteiger partial charge in [-0.3, -0.25) is 0 Å². The molecule has 3 heteroatoms. The Hall–Kier alpha value is -1.22. The van der Waals surface area contributed by atoms with Gasteiger partial charge in [-0.05, 0) is 0 Å². The van der Waals surface area contributed by atoms with Gasteiger partial charge < -0.3 is 0 Å². The van der Waals surface area contributed by atoms with Crippen LogP contribution in [0.4, 0.5) is 0 Å². The molecular formula is C27H34IOP. The van der Waals surface area contributed by atoms with Crippen LogP contribution < -0.4 is 15.9 Å². The van der Waals surface area contributed by atoms with E-state index in [1.165, 1.54) is 28.8 Å². The molecule has 3 aromatic carbocycles. The molecule has 1 unspecified atom stereocenters. The van der Waals surface area contributed by atoms with E-state index in [1.807, 2.05) is 6.92 Å². The zero-order valence-electron chi connectivity index (χ0n) is 18.2. The zero-order chi connectivity index (χ0) is 21.5. The van der Waals surface area contributed by atoms with Crippen molar-refractivity contribution in [3.63, 3.8) is 0 Å². The van der Waals surface area contributed by atoms with Crippen LogP contribution in [0.25, 0.3) is 0 Å². The third-order valence-corrected chi connectivity index (χ3v) is 17.9. The van der Waals surface area contributed by atoms with Crippen molar-refractivity contribution >= 4 is 42.2 Å². The van der Waals surface area contributed by atoms with E-state index in [0.717, 1.165) is 25.4 Å². The summed E-state index contributed by atoms with van der Waals surface area (Å²) in [5, 5.41) is 15.4. The molecular weight excluding hydrogens is 498 g/mol. The van der Waals surface area contributed by atoms with Crippen molar-refractivity contribution in [2.75, 3.05) is 6.16 Å². The number of rotatable bonds is 10. The SMILES string of the molecule is CCCCCC(C)(O)CCP(I)(c1ccccc1)(c1ccccc1)c1ccccc1. The van der Waals surface area contributed by atoms with Gasteiger partial charge in [-0.1, -0.05) is 0 Å². The fourth-order valence-electron chi connectivity index (χ4n) is 4.38. The number of hydrogen-bond acceptors (Lipinski definition) is 1. The van der Waals surface area contributed by atoms with Gasteiger partial charge in [-0.2, -0.15) is 0 Å². The first-order valence-corrected chi connectivity index (χ1v) is 16.2. The number of unbranched alkanes of at least 4 members (excludes halogenated alkanes) is 2. The normalized spacial score (nSPS) is 15.1. The van der Waals surface area contributed by atoms with Crippen LogP contribution in [0, 0.1) is 0 Å². The number of benzene rings is 3. The summed E-state index contributed by atoms with van der Waals surface area (Å²) in [5.74, 6) is 0. The van der Waals surface area contributed by atoms with Crippen molar-refractivity contribution in [2.45, 2.75) is 51.6 Å². The maximum absolute atomic E-state index is 11.3. The molecule has 1 atom stereocenters. The first-order chi connectivity index (χ1) is 14.4. The van der Waals surface area contributed by atoms with Crippen LogP contribution in [0.2, 0.25) is 0 Å². The predicted molar refractivity (Wildman–Crippen MR) is 143 cm³/mol. The van der Waals surface area contributed by atoms with E-state index in [-0.39, 0.29) is 0 Å². The molecule has 0 saturated heterocycles. The summed E-state index contributed by atoms with van der Waals surface area (Å²) in [6.07, 6.45) is 6.05. The molecule has 160 valence electrons. The van der Waals surface area contributed by atoms with Gasteiger partial charge in [-0.25, -0.2) is 0 Å². The van der Waals surface area contributed by atoms with Crippen molar-refractivity contribution in [3.8, 4) is 0 Å². The Kier molecular flexibility index (Phi) is 7.76. The first kappa shape index (κ1) is 23.4. The Morgan fingerprint density at radius 2 is 1.10 bits per heavy atom. The Balaban J connectivity index is 2.15. The van der Waals surface area contributed by atoms with E-state index < -0.39 is 9.85 Å². The van der Waals surface area contributed by atoms with Crippen LogP contribution in [0.5, 0.6) is 0 Å². The second kappa shape index (κ2) is 9.94. The van der Waals surface area contributed by atoms with Crippen LogP contribution >= 0.6 is 26.3 Å². The molecule has 0 aliphatic rings. The van der Waals surface area contributed by atoms with Gasteiger partial charge in [0.25, 0.3) is 0 Å². The van der Waals surface area contributed by atoms with Crippen LogP contribution in [-0.4, -0.2) is 16.9 Å². The third-order valence-electron chi connectivity index (χ3n) is 6.27. The number of halogens is 1. The molecule has 0 heterocycles. The van der Waals surface area contributed by atoms with Gasteiger partial charge in [0.1, 0.15) is 0 Å². The van der Waals surface area contributed by atoms with Crippen LogP contribution in [0.1, 0.15) is 46.0 Å². The molecule has 0 saturated carbocycles. The number of hydrogen-bond donors (Lipinski definition) is 1. The third kappa shape index (κ3) is 4.82. The fraction of sp³-hybridized carbons (Fsp3) is 0.333. The van der Waals surface area contributed by atoms with Crippen LogP contribution in [0.3, 0.4) is 0 Å². The molecule has 0 radical (unpaired) electrons. The predicted octanol–water partition coefficient (Wildman–Crippen LogP) is 6.59. The topological polar surface area (TPSA) is 20.2 Å². The molecule has 1 N–H and O–H groups in total. The van der Waals surface area contributed by atoms with Gasteiger partial charge in [0.05, 0.1) is 0 Å². The van der Waals surface area contributed by atoms with Crippen molar-refractivity contribution in [3.05, 3.63) is 91.0 Å². The molecule has 30 heavy (non-hydrogen) atoms. The van der Waals surface area contributed by atoms with Gasteiger partial charge in [0.15, 0.2) is 0 Å². The first-order valence-electron chi connectivity index (χ1n) is 11.0. The molecule has 0 aliphatic carbocycles. The van der Waals surface area contributed by atoms with Crippen molar-refractivity contribution < 1.29 is 5.11 Å². The molecule has 0 aliphatic heterocycles. The van der Waals surface area contributed by atoms with Crippen molar-refractivity contribution in [1.82, 2.24) is 0 Å². The average molecular weight is 532 g/mol. The van der Waals surface area contributed by atoms with Gasteiger partial charge in [-0.15, -0.1) is 0 Å². The van der Waals surface area contributed by atoms with E-state index in [0.29, 0.717) is 0 Å². The second-order valence-electron chi connectivity index (χ2n) is 8.62. The standard InChI is InChI=1S/C27H34IOP/c1-3-4-14-21-27(2,29)22-23-30(28,24-15-8-5-9-16-24,25-17-10-6-11-18-25)26-19-12-7-13-20-26/h5-13,15-20,29H,3-4,14,21-23H2,1-2H3. The summed E-state index contributed by atoms with van der Waals surface area (Å²) >= 11 is 2.81. The van der Waals surface area contributed by atoms with E-state index in [2.05, 4.69) is 120 Å². The molecule has 0 spiro atoms. The van der Waals surface area contributed by atoms with Crippen molar-refractivity contribution in [2.24, 2.45) is 0 Å². The molecule has 0 bridgehead atoms. The van der Waals surface area contributed by atoms with E-state index in [9.17, 15) is 5.11 Å². The number of aliphatic hydroxyl groups is 1. The van der Waals surface area contributed by atoms with E-state index in [4.69, 9.17) is 0 Å². The quantitative estimate of drug-likeness (QED) is 0.178. The summed E-state index contributed by atoms with van der Waals surface area (Å²) in [6, 6.07) is 32.9.